The van der Waals surface area contributed by atoms with Gasteiger partial charge in [-0.2, -0.15) is 4.40 Å². The molecule has 90 valence electrons. The van der Waals surface area contributed by atoms with E-state index in [4.69, 9.17) is 0 Å². The Morgan fingerprint density at radius 2 is 2.18 bits per heavy atom. The van der Waals surface area contributed by atoms with E-state index in [9.17, 15) is 9.90 Å². The first-order valence-corrected chi connectivity index (χ1v) is 6.54. The number of fused-ring (bicyclic) bond motifs is 1. The Morgan fingerprint density at radius 3 is 2.82 bits per heavy atom. The molecule has 2 aromatic heterocycles. The molecule has 2 heterocycles. The summed E-state index contributed by atoms with van der Waals surface area (Å²) in [6.45, 7) is 1.96. The molecule has 2 rings (SSSR count). The van der Waals surface area contributed by atoms with Crippen LogP contribution in [0.15, 0.2) is 23.1 Å². The second-order valence-electron chi connectivity index (χ2n) is 3.97. The van der Waals surface area contributed by atoms with Gasteiger partial charge >= 0.3 is 5.56 Å². The van der Waals surface area contributed by atoms with Gasteiger partial charge in [0.25, 0.3) is 5.65 Å². The van der Waals surface area contributed by atoms with E-state index >= 15 is 0 Å². The summed E-state index contributed by atoms with van der Waals surface area (Å²) in [5.74, 6) is -0.182. The fourth-order valence-corrected chi connectivity index (χ4v) is 2.37. The van der Waals surface area contributed by atoms with Crippen molar-refractivity contribution in [2.24, 2.45) is 7.05 Å². The summed E-state index contributed by atoms with van der Waals surface area (Å²) in [6, 6.07) is 3.68. The van der Waals surface area contributed by atoms with E-state index in [1.54, 1.807) is 23.7 Å². The summed E-state index contributed by atoms with van der Waals surface area (Å²) in [6.07, 6.45) is 3.08. The van der Waals surface area contributed by atoms with Crippen molar-refractivity contribution in [2.45, 2.75) is 19.8 Å². The van der Waals surface area contributed by atoms with E-state index in [2.05, 4.69) is 22.6 Å². The molecule has 0 spiro atoms. The van der Waals surface area contributed by atoms with E-state index in [-0.39, 0.29) is 11.4 Å². The van der Waals surface area contributed by atoms with Gasteiger partial charge in [-0.1, -0.05) is 13.3 Å². The Morgan fingerprint density at radius 1 is 1.47 bits per heavy atom. The molecule has 0 atom stereocenters. The Labute approximate surface area is 113 Å². The van der Waals surface area contributed by atoms with E-state index < -0.39 is 0 Å². The van der Waals surface area contributed by atoms with Crippen LogP contribution in [-0.4, -0.2) is 4.40 Å². The van der Waals surface area contributed by atoms with Crippen LogP contribution in [0.3, 0.4) is 0 Å². The van der Waals surface area contributed by atoms with Gasteiger partial charge in [0, 0.05) is 6.07 Å². The van der Waals surface area contributed by atoms with E-state index in [0.717, 1.165) is 9.99 Å². The van der Waals surface area contributed by atoms with Gasteiger partial charge in [-0.05, 0) is 35.1 Å². The van der Waals surface area contributed by atoms with E-state index in [1.165, 1.54) is 4.57 Å². The number of nitrogens with zero attached hydrogens (tertiary/aromatic N) is 2. The van der Waals surface area contributed by atoms with Crippen LogP contribution < -0.4 is 15.2 Å². The molecule has 4 nitrogen and oxygen atoms in total. The highest BCUT2D eigenvalue weighted by atomic mass is 127. The lowest BCUT2D eigenvalue weighted by Gasteiger charge is -2.13. The van der Waals surface area contributed by atoms with Gasteiger partial charge in [-0.3, -0.25) is 0 Å². The molecule has 0 amide bonds. The maximum atomic E-state index is 12.2. The largest absolute Gasteiger partial charge is 0.842 e. The molecule has 0 unspecified atom stereocenters. The van der Waals surface area contributed by atoms with Gasteiger partial charge < -0.3 is 5.11 Å². The Bertz CT molecular complexity index is 634. The van der Waals surface area contributed by atoms with Gasteiger partial charge in [0.2, 0.25) is 0 Å². The topological polar surface area (TPSA) is 48.4 Å². The van der Waals surface area contributed by atoms with E-state index in [0.29, 0.717) is 17.6 Å². The second-order valence-corrected chi connectivity index (χ2v) is 5.22. The van der Waals surface area contributed by atoms with Crippen LogP contribution in [0, 0.1) is 3.57 Å². The molecule has 0 aliphatic carbocycles. The van der Waals surface area contributed by atoms with Crippen molar-refractivity contribution in [2.75, 3.05) is 0 Å². The molecule has 0 bridgehead atoms. The smallest absolute Gasteiger partial charge is 0.344 e. The third-order valence-corrected chi connectivity index (χ3v) is 3.41. The third kappa shape index (κ3) is 2.03. The zero-order valence-corrected chi connectivity index (χ0v) is 11.9. The summed E-state index contributed by atoms with van der Waals surface area (Å²) < 4.78 is 4.05. The predicted molar refractivity (Wildman–Crippen MR) is 71.0 cm³/mol. The normalized spacial score (nSPS) is 11.0. The SMILES string of the molecule is CCCc1c([O-])[n+](C)c2ccc(I)cn2c1=O. The van der Waals surface area contributed by atoms with Gasteiger partial charge in [-0.15, -0.1) is 0 Å². The molecule has 0 saturated carbocycles. The number of aromatic nitrogens is 2. The van der Waals surface area contributed by atoms with Crippen LogP contribution in [-0.2, 0) is 13.5 Å². The number of aryl methyl sites for hydroxylation is 1. The lowest BCUT2D eigenvalue weighted by atomic mass is 10.2. The number of pyridine rings is 1. The summed E-state index contributed by atoms with van der Waals surface area (Å²) >= 11 is 2.15. The van der Waals surface area contributed by atoms with Crippen LogP contribution in [0.1, 0.15) is 18.9 Å². The highest BCUT2D eigenvalue weighted by Gasteiger charge is 2.15. The summed E-state index contributed by atoms with van der Waals surface area (Å²) in [5.41, 5.74) is 0.804. The molecule has 17 heavy (non-hydrogen) atoms. The van der Waals surface area contributed by atoms with Gasteiger partial charge in [0.15, 0.2) is 0 Å². The predicted octanol–water partition coefficient (Wildman–Crippen LogP) is 0.755. The molecule has 2 aromatic rings. The van der Waals surface area contributed by atoms with E-state index in [1.807, 2.05) is 13.0 Å². The maximum Gasteiger partial charge on any atom is 0.344 e. The quantitative estimate of drug-likeness (QED) is 0.597. The van der Waals surface area contributed by atoms with Crippen molar-refractivity contribution < 1.29 is 9.67 Å². The minimum atomic E-state index is -0.191. The van der Waals surface area contributed by atoms with Crippen molar-refractivity contribution in [3.05, 3.63) is 37.8 Å². The van der Waals surface area contributed by atoms with Crippen molar-refractivity contribution in [1.82, 2.24) is 4.40 Å². The first-order chi connectivity index (χ1) is 8.06. The fraction of sp³-hybridized carbons (Fsp3) is 0.333. The first-order valence-electron chi connectivity index (χ1n) is 5.46. The van der Waals surface area contributed by atoms with Crippen LogP contribution in [0.2, 0.25) is 0 Å². The summed E-state index contributed by atoms with van der Waals surface area (Å²) in [7, 11) is 1.70. The lowest BCUT2D eigenvalue weighted by Crippen LogP contribution is -2.41. The maximum absolute atomic E-state index is 12.2. The minimum absolute atomic E-state index is 0.182. The zero-order valence-electron chi connectivity index (χ0n) is 9.74. The first kappa shape index (κ1) is 12.3. The molecule has 0 radical (unpaired) electrons. The Balaban J connectivity index is 2.90. The minimum Gasteiger partial charge on any atom is -0.842 e. The number of rotatable bonds is 2. The van der Waals surface area contributed by atoms with Gasteiger partial charge in [0.05, 0.1) is 22.1 Å². The summed E-state index contributed by atoms with van der Waals surface area (Å²) in [5, 5.41) is 12.0. The Hall–Kier alpha value is -1.11. The van der Waals surface area contributed by atoms with Crippen molar-refractivity contribution in [3.63, 3.8) is 0 Å². The molecule has 5 heteroatoms. The van der Waals surface area contributed by atoms with Crippen LogP contribution in [0.25, 0.3) is 5.65 Å². The Kier molecular flexibility index (Phi) is 3.37. The lowest BCUT2D eigenvalue weighted by molar-refractivity contribution is -0.695. The van der Waals surface area contributed by atoms with Gasteiger partial charge in [0.1, 0.15) is 6.20 Å². The molecule has 0 saturated heterocycles. The van der Waals surface area contributed by atoms with Crippen LogP contribution in [0.5, 0.6) is 5.88 Å². The molecule has 0 N–H and O–H groups in total. The van der Waals surface area contributed by atoms with Crippen LogP contribution in [0.4, 0.5) is 0 Å². The number of hydrogen-bond acceptors (Lipinski definition) is 2. The highest BCUT2D eigenvalue weighted by Crippen LogP contribution is 2.10. The molecule has 0 aromatic carbocycles. The van der Waals surface area contributed by atoms with Crippen molar-refractivity contribution >= 4 is 28.2 Å². The molecular formula is C12H13IN2O2. The fourth-order valence-electron chi connectivity index (χ4n) is 1.91. The highest BCUT2D eigenvalue weighted by molar-refractivity contribution is 14.1. The third-order valence-electron chi connectivity index (χ3n) is 2.77. The number of halogens is 1. The van der Waals surface area contributed by atoms with Gasteiger partial charge in [-0.25, -0.2) is 9.36 Å². The molecule has 0 aliphatic heterocycles. The van der Waals surface area contributed by atoms with Crippen molar-refractivity contribution in [1.29, 1.82) is 0 Å². The molecule has 0 aliphatic rings. The van der Waals surface area contributed by atoms with Crippen molar-refractivity contribution in [3.8, 4) is 5.88 Å². The monoisotopic (exact) mass is 344 g/mol. The average Bonchev–Trinajstić information content (AvgIpc) is 2.32. The molecular weight excluding hydrogens is 331 g/mol. The second kappa shape index (κ2) is 4.64. The zero-order chi connectivity index (χ0) is 12.6. The summed E-state index contributed by atoms with van der Waals surface area (Å²) in [4.78, 5) is 12.2. The van der Waals surface area contributed by atoms with Crippen LogP contribution >= 0.6 is 22.6 Å². The molecule has 0 fully saturated rings. The average molecular weight is 344 g/mol. The number of hydrogen-bond donors (Lipinski definition) is 0. The standard InChI is InChI=1S/C12H13IN2O2/c1-3-4-9-11(16)14(2)10-6-5-8(13)7-15(10)12(9)17/h5-7H,3-4H2,1-2H3.